The SMILES string of the molecule is C[C@@H]1C[C@@H](NC(=O)N2CCCC(c3ccn[nH]3)C2)c2ccccc2O1. The maximum atomic E-state index is 12.8. The van der Waals surface area contributed by atoms with Crippen LogP contribution in [0.1, 0.15) is 49.4 Å². The highest BCUT2D eigenvalue weighted by molar-refractivity contribution is 5.75. The third-order valence-electron chi connectivity index (χ3n) is 5.16. The second-order valence-corrected chi connectivity index (χ2v) is 7.00. The fourth-order valence-corrected chi connectivity index (χ4v) is 3.89. The molecule has 1 aromatic heterocycles. The number of aromatic amines is 1. The first-order valence-electron chi connectivity index (χ1n) is 9.01. The lowest BCUT2D eigenvalue weighted by atomic mass is 9.95. The van der Waals surface area contributed by atoms with Crippen LogP contribution >= 0.6 is 0 Å². The molecule has 2 aromatic rings. The first-order chi connectivity index (χ1) is 12.2. The van der Waals surface area contributed by atoms with E-state index in [1.54, 1.807) is 6.20 Å². The summed E-state index contributed by atoms with van der Waals surface area (Å²) in [6, 6.07) is 9.98. The van der Waals surface area contributed by atoms with Gasteiger partial charge in [0.25, 0.3) is 0 Å². The summed E-state index contributed by atoms with van der Waals surface area (Å²) in [6.45, 7) is 3.58. The number of para-hydroxylation sites is 1. The maximum absolute atomic E-state index is 12.8. The van der Waals surface area contributed by atoms with Gasteiger partial charge in [0.1, 0.15) is 5.75 Å². The van der Waals surface area contributed by atoms with Crippen molar-refractivity contribution in [3.05, 3.63) is 47.8 Å². The zero-order valence-corrected chi connectivity index (χ0v) is 14.4. The average Bonchev–Trinajstić information content (AvgIpc) is 3.16. The zero-order valence-electron chi connectivity index (χ0n) is 14.4. The number of amides is 2. The Hall–Kier alpha value is -2.50. The minimum Gasteiger partial charge on any atom is -0.490 e. The number of benzene rings is 1. The number of likely N-dealkylation sites (tertiary alicyclic amines) is 1. The Bertz CT molecular complexity index is 731. The third kappa shape index (κ3) is 3.34. The predicted molar refractivity (Wildman–Crippen MR) is 94.6 cm³/mol. The lowest BCUT2D eigenvalue weighted by molar-refractivity contribution is 0.150. The Labute approximate surface area is 147 Å². The van der Waals surface area contributed by atoms with Gasteiger partial charge in [0.05, 0.1) is 12.1 Å². The van der Waals surface area contributed by atoms with Crippen LogP contribution in [0.5, 0.6) is 5.75 Å². The van der Waals surface area contributed by atoms with E-state index in [9.17, 15) is 4.79 Å². The molecule has 4 rings (SSSR count). The van der Waals surface area contributed by atoms with Gasteiger partial charge in [-0.2, -0.15) is 5.10 Å². The summed E-state index contributed by atoms with van der Waals surface area (Å²) in [5, 5.41) is 10.3. The Morgan fingerprint density at radius 2 is 2.24 bits per heavy atom. The van der Waals surface area contributed by atoms with E-state index in [1.807, 2.05) is 42.2 Å². The van der Waals surface area contributed by atoms with Crippen LogP contribution in [0.2, 0.25) is 0 Å². The second kappa shape index (κ2) is 6.78. The molecule has 1 saturated heterocycles. The van der Waals surface area contributed by atoms with Crippen molar-refractivity contribution in [1.82, 2.24) is 20.4 Å². The topological polar surface area (TPSA) is 70.2 Å². The molecule has 2 amide bonds. The van der Waals surface area contributed by atoms with Gasteiger partial charge in [-0.15, -0.1) is 0 Å². The molecule has 1 aromatic carbocycles. The summed E-state index contributed by atoms with van der Waals surface area (Å²) >= 11 is 0. The van der Waals surface area contributed by atoms with Gasteiger partial charge in [-0.05, 0) is 31.9 Å². The van der Waals surface area contributed by atoms with Gasteiger partial charge in [0.15, 0.2) is 0 Å². The number of piperidine rings is 1. The van der Waals surface area contributed by atoms with Crippen LogP contribution < -0.4 is 10.1 Å². The maximum Gasteiger partial charge on any atom is 0.317 e. The molecule has 6 heteroatoms. The number of rotatable bonds is 2. The summed E-state index contributed by atoms with van der Waals surface area (Å²) in [5.41, 5.74) is 2.18. The summed E-state index contributed by atoms with van der Waals surface area (Å²) in [4.78, 5) is 14.8. The van der Waals surface area contributed by atoms with Gasteiger partial charge in [-0.25, -0.2) is 4.79 Å². The normalized spacial score (nSPS) is 25.8. The van der Waals surface area contributed by atoms with Crippen molar-refractivity contribution < 1.29 is 9.53 Å². The van der Waals surface area contributed by atoms with E-state index >= 15 is 0 Å². The number of H-pyrrole nitrogens is 1. The number of ether oxygens (including phenoxy) is 1. The molecule has 0 bridgehead atoms. The number of carbonyl (C=O) groups is 1. The van der Waals surface area contributed by atoms with E-state index in [0.29, 0.717) is 5.92 Å². The predicted octanol–water partition coefficient (Wildman–Crippen LogP) is 3.21. The van der Waals surface area contributed by atoms with Gasteiger partial charge < -0.3 is 15.0 Å². The first kappa shape index (κ1) is 16.0. The summed E-state index contributed by atoms with van der Waals surface area (Å²) in [5.74, 6) is 1.21. The molecular weight excluding hydrogens is 316 g/mol. The number of urea groups is 1. The molecule has 2 N–H and O–H groups in total. The van der Waals surface area contributed by atoms with Crippen LogP contribution in [0.25, 0.3) is 0 Å². The number of hydrogen-bond donors (Lipinski definition) is 2. The van der Waals surface area contributed by atoms with E-state index < -0.39 is 0 Å². The standard InChI is InChI=1S/C19H24N4O2/c1-13-11-17(15-6-2-3-7-18(15)25-13)21-19(24)23-10-4-5-14(12-23)16-8-9-20-22-16/h2-3,6-9,13-14,17H,4-5,10-12H2,1H3,(H,20,22)(H,21,24)/t13-,14?,17-/m1/s1. The smallest absolute Gasteiger partial charge is 0.317 e. The minimum absolute atomic E-state index is 0.0000176. The van der Waals surface area contributed by atoms with Crippen LogP contribution in [0.4, 0.5) is 4.79 Å². The average molecular weight is 340 g/mol. The van der Waals surface area contributed by atoms with Gasteiger partial charge in [0, 0.05) is 42.9 Å². The molecule has 1 fully saturated rings. The number of nitrogens with zero attached hydrogens (tertiary/aromatic N) is 2. The Morgan fingerprint density at radius 1 is 1.36 bits per heavy atom. The Morgan fingerprint density at radius 3 is 3.08 bits per heavy atom. The monoisotopic (exact) mass is 340 g/mol. The lowest BCUT2D eigenvalue weighted by Gasteiger charge is -2.35. The molecule has 132 valence electrons. The van der Waals surface area contributed by atoms with Crippen LogP contribution in [0.3, 0.4) is 0 Å². The number of fused-ring (bicyclic) bond motifs is 1. The molecule has 0 radical (unpaired) electrons. The molecule has 1 unspecified atom stereocenters. The largest absolute Gasteiger partial charge is 0.490 e. The van der Waals surface area contributed by atoms with Crippen molar-refractivity contribution in [2.24, 2.45) is 0 Å². The second-order valence-electron chi connectivity index (χ2n) is 7.00. The van der Waals surface area contributed by atoms with Crippen molar-refractivity contribution >= 4 is 6.03 Å². The van der Waals surface area contributed by atoms with Gasteiger partial charge in [0.2, 0.25) is 0 Å². The number of hydrogen-bond acceptors (Lipinski definition) is 3. The molecule has 3 heterocycles. The van der Waals surface area contributed by atoms with Crippen molar-refractivity contribution in [3.8, 4) is 5.75 Å². The van der Waals surface area contributed by atoms with Gasteiger partial charge >= 0.3 is 6.03 Å². The number of aromatic nitrogens is 2. The van der Waals surface area contributed by atoms with E-state index in [1.165, 1.54) is 0 Å². The molecule has 0 spiro atoms. The highest BCUT2D eigenvalue weighted by Crippen LogP contribution is 2.34. The van der Waals surface area contributed by atoms with Crippen molar-refractivity contribution in [2.75, 3.05) is 13.1 Å². The summed E-state index contributed by atoms with van der Waals surface area (Å²) in [7, 11) is 0. The highest BCUT2D eigenvalue weighted by atomic mass is 16.5. The number of nitrogens with one attached hydrogen (secondary N) is 2. The fourth-order valence-electron chi connectivity index (χ4n) is 3.89. The van der Waals surface area contributed by atoms with E-state index in [0.717, 1.165) is 49.4 Å². The van der Waals surface area contributed by atoms with Gasteiger partial charge in [-0.3, -0.25) is 5.10 Å². The van der Waals surface area contributed by atoms with Crippen LogP contribution in [-0.2, 0) is 0 Å². The third-order valence-corrected chi connectivity index (χ3v) is 5.16. The molecule has 25 heavy (non-hydrogen) atoms. The molecule has 0 aliphatic carbocycles. The van der Waals surface area contributed by atoms with Crippen molar-refractivity contribution in [3.63, 3.8) is 0 Å². The molecular formula is C19H24N4O2. The fraction of sp³-hybridized carbons (Fsp3) is 0.474. The summed E-state index contributed by atoms with van der Waals surface area (Å²) in [6.07, 6.45) is 4.76. The Kier molecular flexibility index (Phi) is 4.34. The van der Waals surface area contributed by atoms with Crippen molar-refractivity contribution in [2.45, 2.75) is 44.2 Å². The van der Waals surface area contributed by atoms with E-state index in [4.69, 9.17) is 4.74 Å². The van der Waals surface area contributed by atoms with Crippen molar-refractivity contribution in [1.29, 1.82) is 0 Å². The molecule has 3 atom stereocenters. The van der Waals surface area contributed by atoms with E-state index in [2.05, 4.69) is 15.5 Å². The van der Waals surface area contributed by atoms with Crippen LogP contribution in [0.15, 0.2) is 36.5 Å². The Balaban J connectivity index is 1.45. The van der Waals surface area contributed by atoms with Crippen LogP contribution in [0, 0.1) is 0 Å². The molecule has 2 aliphatic rings. The molecule has 6 nitrogen and oxygen atoms in total. The molecule has 2 aliphatic heterocycles. The summed E-state index contributed by atoms with van der Waals surface area (Å²) < 4.78 is 5.88. The lowest BCUT2D eigenvalue weighted by Crippen LogP contribution is -2.47. The highest BCUT2D eigenvalue weighted by Gasteiger charge is 2.30. The van der Waals surface area contributed by atoms with E-state index in [-0.39, 0.29) is 18.2 Å². The van der Waals surface area contributed by atoms with Gasteiger partial charge in [-0.1, -0.05) is 18.2 Å². The minimum atomic E-state index is -0.0000176. The zero-order chi connectivity index (χ0) is 17.2. The first-order valence-corrected chi connectivity index (χ1v) is 9.01. The number of carbonyl (C=O) groups excluding carboxylic acids is 1. The van der Waals surface area contributed by atoms with Crippen LogP contribution in [-0.4, -0.2) is 40.3 Å². The molecule has 0 saturated carbocycles. The quantitative estimate of drug-likeness (QED) is 0.882.